The van der Waals surface area contributed by atoms with E-state index in [1.54, 1.807) is 12.1 Å². The summed E-state index contributed by atoms with van der Waals surface area (Å²) < 4.78 is 6.32. The van der Waals surface area contributed by atoms with Crippen molar-refractivity contribution in [3.05, 3.63) is 29.3 Å². The van der Waals surface area contributed by atoms with Gasteiger partial charge in [0.05, 0.1) is 5.56 Å². The third-order valence-corrected chi connectivity index (χ3v) is 5.64. The highest BCUT2D eigenvalue weighted by atomic mass is 16.5. The Kier molecular flexibility index (Phi) is 2.99. The molecule has 108 valence electrons. The molecular formula is C18H20N2O. The van der Waals surface area contributed by atoms with Crippen molar-refractivity contribution in [1.82, 2.24) is 0 Å². The molecule has 3 rings (SSSR count). The molecular weight excluding hydrogens is 260 g/mol. The largest absolute Gasteiger partial charge is 0.488 e. The van der Waals surface area contributed by atoms with Crippen LogP contribution >= 0.6 is 0 Å². The van der Waals surface area contributed by atoms with Crippen molar-refractivity contribution >= 4 is 0 Å². The second kappa shape index (κ2) is 4.50. The molecule has 0 N–H and O–H groups in total. The fourth-order valence-electron chi connectivity index (χ4n) is 4.52. The number of nitriles is 2. The van der Waals surface area contributed by atoms with Gasteiger partial charge < -0.3 is 4.74 Å². The fraction of sp³-hybridized carbons (Fsp3) is 0.556. The molecule has 0 aromatic heterocycles. The molecule has 0 saturated heterocycles. The number of fused-ring (bicyclic) bond motifs is 2. The van der Waals surface area contributed by atoms with Gasteiger partial charge in [-0.25, -0.2) is 0 Å². The summed E-state index contributed by atoms with van der Waals surface area (Å²) in [5.74, 6) is 1.25. The smallest absolute Gasteiger partial charge is 0.138 e. The van der Waals surface area contributed by atoms with Gasteiger partial charge in [0.25, 0.3) is 0 Å². The minimum atomic E-state index is 0.102. The molecule has 21 heavy (non-hydrogen) atoms. The number of ether oxygens (including phenoxy) is 1. The van der Waals surface area contributed by atoms with E-state index in [0.29, 0.717) is 22.8 Å². The zero-order chi connectivity index (χ0) is 15.3. The molecule has 0 spiro atoms. The van der Waals surface area contributed by atoms with Crippen molar-refractivity contribution in [1.29, 1.82) is 10.5 Å². The highest BCUT2D eigenvalue weighted by Gasteiger charge is 2.61. The van der Waals surface area contributed by atoms with Gasteiger partial charge in [-0.3, -0.25) is 0 Å². The zero-order valence-electron chi connectivity index (χ0n) is 12.8. The molecule has 2 fully saturated rings. The van der Waals surface area contributed by atoms with Crippen molar-refractivity contribution < 1.29 is 4.74 Å². The average Bonchev–Trinajstić information content (AvgIpc) is 2.94. The van der Waals surface area contributed by atoms with E-state index in [-0.39, 0.29) is 16.9 Å². The van der Waals surface area contributed by atoms with Crippen LogP contribution in [0.2, 0.25) is 0 Å². The Labute approximate surface area is 126 Å². The fourth-order valence-corrected chi connectivity index (χ4v) is 4.52. The van der Waals surface area contributed by atoms with E-state index in [4.69, 9.17) is 10.00 Å². The van der Waals surface area contributed by atoms with E-state index in [2.05, 4.69) is 32.9 Å². The third kappa shape index (κ3) is 1.92. The number of hydrogen-bond donors (Lipinski definition) is 0. The van der Waals surface area contributed by atoms with Crippen molar-refractivity contribution in [2.45, 2.75) is 46.1 Å². The molecule has 0 amide bonds. The molecule has 2 saturated carbocycles. The van der Waals surface area contributed by atoms with Crippen LogP contribution in [0.15, 0.2) is 18.2 Å². The van der Waals surface area contributed by atoms with Crippen molar-refractivity contribution in [3.8, 4) is 17.9 Å². The van der Waals surface area contributed by atoms with Crippen LogP contribution < -0.4 is 4.74 Å². The topological polar surface area (TPSA) is 56.8 Å². The van der Waals surface area contributed by atoms with E-state index in [9.17, 15) is 5.26 Å². The van der Waals surface area contributed by atoms with Crippen molar-refractivity contribution in [3.63, 3.8) is 0 Å². The molecule has 2 aliphatic rings. The molecule has 0 radical (unpaired) electrons. The Morgan fingerprint density at radius 2 is 1.95 bits per heavy atom. The first-order valence-electron chi connectivity index (χ1n) is 7.52. The molecule has 0 heterocycles. The Balaban J connectivity index is 1.99. The van der Waals surface area contributed by atoms with Crippen LogP contribution in [-0.4, -0.2) is 6.10 Å². The highest BCUT2D eigenvalue weighted by molar-refractivity contribution is 5.54. The lowest BCUT2D eigenvalue weighted by Crippen LogP contribution is -2.44. The van der Waals surface area contributed by atoms with Gasteiger partial charge in [0.2, 0.25) is 0 Å². The first-order chi connectivity index (χ1) is 9.92. The van der Waals surface area contributed by atoms with E-state index in [1.165, 1.54) is 19.3 Å². The van der Waals surface area contributed by atoms with Gasteiger partial charge in [0.15, 0.2) is 0 Å². The summed E-state index contributed by atoms with van der Waals surface area (Å²) in [6.45, 7) is 6.84. The standard InChI is InChI=1S/C18H20N2O/c1-17(2)13-7-8-18(3,9-13)16(17)21-15-6-4-5-12(10-19)14(15)11-20/h4-6,13,16H,7-9H2,1-3H3. The summed E-state index contributed by atoms with van der Waals surface area (Å²) in [6.07, 6.45) is 3.76. The summed E-state index contributed by atoms with van der Waals surface area (Å²) in [4.78, 5) is 0. The van der Waals surface area contributed by atoms with E-state index < -0.39 is 0 Å². The number of nitrogens with zero attached hydrogens (tertiary/aromatic N) is 2. The lowest BCUT2D eigenvalue weighted by atomic mass is 9.70. The Bertz CT molecular complexity index is 660. The molecule has 3 unspecified atom stereocenters. The summed E-state index contributed by atoms with van der Waals surface area (Å²) in [6, 6.07) is 9.46. The van der Waals surface area contributed by atoms with Crippen molar-refractivity contribution in [2.24, 2.45) is 16.7 Å². The van der Waals surface area contributed by atoms with Gasteiger partial charge in [0, 0.05) is 10.8 Å². The van der Waals surface area contributed by atoms with Crippen LogP contribution in [0.5, 0.6) is 5.75 Å². The van der Waals surface area contributed by atoms with Crippen LogP contribution in [0.25, 0.3) is 0 Å². The lowest BCUT2D eigenvalue weighted by molar-refractivity contribution is -0.0144. The van der Waals surface area contributed by atoms with Gasteiger partial charge in [-0.15, -0.1) is 0 Å². The maximum Gasteiger partial charge on any atom is 0.138 e. The first-order valence-corrected chi connectivity index (χ1v) is 7.52. The van der Waals surface area contributed by atoms with Crippen LogP contribution in [0.3, 0.4) is 0 Å². The van der Waals surface area contributed by atoms with Crippen LogP contribution in [0, 0.1) is 39.4 Å². The van der Waals surface area contributed by atoms with E-state index in [1.807, 2.05) is 6.07 Å². The molecule has 3 heteroatoms. The monoisotopic (exact) mass is 280 g/mol. The molecule has 1 aromatic carbocycles. The Hall–Kier alpha value is -2.00. The normalized spacial score (nSPS) is 32.4. The van der Waals surface area contributed by atoms with E-state index >= 15 is 0 Å². The van der Waals surface area contributed by atoms with Gasteiger partial charge >= 0.3 is 0 Å². The lowest BCUT2D eigenvalue weighted by Gasteiger charge is -2.42. The summed E-state index contributed by atoms with van der Waals surface area (Å²) >= 11 is 0. The quantitative estimate of drug-likeness (QED) is 0.822. The Morgan fingerprint density at radius 3 is 2.52 bits per heavy atom. The first kappa shape index (κ1) is 14.0. The Morgan fingerprint density at radius 1 is 1.19 bits per heavy atom. The number of rotatable bonds is 2. The van der Waals surface area contributed by atoms with Crippen LogP contribution in [0.1, 0.15) is 51.2 Å². The summed E-state index contributed by atoms with van der Waals surface area (Å²) in [7, 11) is 0. The average molecular weight is 280 g/mol. The van der Waals surface area contributed by atoms with Crippen molar-refractivity contribution in [2.75, 3.05) is 0 Å². The molecule has 3 atom stereocenters. The molecule has 3 nitrogen and oxygen atoms in total. The second-order valence-corrected chi connectivity index (χ2v) is 7.32. The van der Waals surface area contributed by atoms with Crippen LogP contribution in [0.4, 0.5) is 0 Å². The van der Waals surface area contributed by atoms with Crippen LogP contribution in [-0.2, 0) is 0 Å². The van der Waals surface area contributed by atoms with Gasteiger partial charge in [-0.1, -0.05) is 26.8 Å². The number of hydrogen-bond acceptors (Lipinski definition) is 3. The van der Waals surface area contributed by atoms with Gasteiger partial charge in [-0.2, -0.15) is 10.5 Å². The third-order valence-electron chi connectivity index (χ3n) is 5.64. The summed E-state index contributed by atoms with van der Waals surface area (Å²) in [5.41, 5.74) is 1.05. The van der Waals surface area contributed by atoms with E-state index in [0.717, 1.165) is 0 Å². The predicted octanol–water partition coefficient (Wildman–Crippen LogP) is 4.02. The molecule has 2 aliphatic carbocycles. The predicted molar refractivity (Wildman–Crippen MR) is 79.5 cm³/mol. The molecule has 0 aliphatic heterocycles. The maximum absolute atomic E-state index is 9.35. The minimum Gasteiger partial charge on any atom is -0.488 e. The second-order valence-electron chi connectivity index (χ2n) is 7.32. The molecule has 2 bridgehead atoms. The molecule has 1 aromatic rings. The number of benzene rings is 1. The maximum atomic E-state index is 9.35. The zero-order valence-corrected chi connectivity index (χ0v) is 12.8. The SMILES string of the molecule is CC12CCC(C1)C(C)(C)C2Oc1cccc(C#N)c1C#N. The minimum absolute atomic E-state index is 0.102. The highest BCUT2D eigenvalue weighted by Crippen LogP contribution is 2.63. The van der Waals surface area contributed by atoms with Gasteiger partial charge in [0.1, 0.15) is 29.6 Å². The summed E-state index contributed by atoms with van der Waals surface area (Å²) in [5, 5.41) is 18.5. The van der Waals surface area contributed by atoms with Gasteiger partial charge in [-0.05, 0) is 37.3 Å².